The zero-order valence-electron chi connectivity index (χ0n) is 22.1. The fraction of sp³-hybridized carbons (Fsp3) is 0.533. The molecule has 6 heteroatoms. The van der Waals surface area contributed by atoms with Crippen molar-refractivity contribution in [2.75, 3.05) is 13.2 Å². The van der Waals surface area contributed by atoms with Crippen molar-refractivity contribution >= 4 is 12.1 Å². The minimum Gasteiger partial charge on any atom is -0.461 e. The molecule has 1 aliphatic rings. The van der Waals surface area contributed by atoms with Crippen molar-refractivity contribution in [3.8, 4) is 0 Å². The Morgan fingerprint density at radius 1 is 0.944 bits per heavy atom. The first-order chi connectivity index (χ1) is 17.2. The summed E-state index contributed by atoms with van der Waals surface area (Å²) in [5.74, 6) is -0.103. The second-order valence-electron chi connectivity index (χ2n) is 10.7. The maximum Gasteiger partial charge on any atom is 0.408 e. The molecule has 3 rings (SSSR count). The number of amides is 1. The Morgan fingerprint density at radius 2 is 1.56 bits per heavy atom. The van der Waals surface area contributed by atoms with Gasteiger partial charge in [-0.15, -0.1) is 0 Å². The number of hydrogen-bond donors (Lipinski definition) is 1. The number of esters is 1. The number of hydrogen-bond acceptors (Lipinski definition) is 5. The van der Waals surface area contributed by atoms with Crippen LogP contribution in [-0.2, 0) is 31.8 Å². The molecule has 0 saturated carbocycles. The highest BCUT2D eigenvalue weighted by Gasteiger charge is 2.35. The summed E-state index contributed by atoms with van der Waals surface area (Å²) >= 11 is 0. The van der Waals surface area contributed by atoms with Gasteiger partial charge in [0.15, 0.2) is 6.04 Å². The summed E-state index contributed by atoms with van der Waals surface area (Å²) in [6.45, 7) is 7.89. The molecule has 0 radical (unpaired) electrons. The number of aryl methyl sites for hydroxylation is 2. The first kappa shape index (κ1) is 27.7. The van der Waals surface area contributed by atoms with Crippen molar-refractivity contribution in [3.63, 3.8) is 0 Å². The zero-order chi connectivity index (χ0) is 26.0. The van der Waals surface area contributed by atoms with Crippen LogP contribution < -0.4 is 5.32 Å². The normalized spacial score (nSPS) is 23.1. The van der Waals surface area contributed by atoms with Gasteiger partial charge in [0.05, 0.1) is 6.61 Å². The summed E-state index contributed by atoms with van der Waals surface area (Å²) in [7, 11) is 0. The van der Waals surface area contributed by atoms with E-state index in [-0.39, 0.29) is 24.5 Å². The van der Waals surface area contributed by atoms with Crippen LogP contribution >= 0.6 is 0 Å². The van der Waals surface area contributed by atoms with E-state index in [1.54, 1.807) is 20.8 Å². The van der Waals surface area contributed by atoms with E-state index in [0.29, 0.717) is 6.61 Å². The molecule has 36 heavy (non-hydrogen) atoms. The Kier molecular flexibility index (Phi) is 10.4. The van der Waals surface area contributed by atoms with E-state index in [2.05, 4.69) is 53.8 Å². The van der Waals surface area contributed by atoms with Gasteiger partial charge in [-0.25, -0.2) is 9.59 Å². The van der Waals surface area contributed by atoms with E-state index < -0.39 is 23.7 Å². The van der Waals surface area contributed by atoms with Gasteiger partial charge in [-0.3, -0.25) is 0 Å². The molecule has 4 atom stereocenters. The monoisotopic (exact) mass is 495 g/mol. The van der Waals surface area contributed by atoms with Crippen LogP contribution in [0.4, 0.5) is 4.79 Å². The molecule has 0 aliphatic carbocycles. The minimum absolute atomic E-state index is 0.0609. The second kappa shape index (κ2) is 13.4. The summed E-state index contributed by atoms with van der Waals surface area (Å²) in [5, 5.41) is 2.63. The molecule has 0 spiro atoms. The average molecular weight is 496 g/mol. The van der Waals surface area contributed by atoms with Crippen LogP contribution in [0.25, 0.3) is 0 Å². The Bertz CT molecular complexity index is 941. The van der Waals surface area contributed by atoms with Gasteiger partial charge < -0.3 is 19.5 Å². The third-order valence-electron chi connectivity index (χ3n) is 6.59. The van der Waals surface area contributed by atoms with Crippen LogP contribution in [0.5, 0.6) is 0 Å². The third kappa shape index (κ3) is 9.30. The molecule has 1 amide bonds. The Labute approximate surface area is 215 Å². The van der Waals surface area contributed by atoms with Gasteiger partial charge in [-0.05, 0) is 76.8 Å². The smallest absolute Gasteiger partial charge is 0.408 e. The molecule has 2 aromatic rings. The minimum atomic E-state index is -0.903. The molecule has 1 fully saturated rings. The van der Waals surface area contributed by atoms with Crippen LogP contribution in [0.15, 0.2) is 60.7 Å². The van der Waals surface area contributed by atoms with Crippen LogP contribution in [0.2, 0.25) is 0 Å². The zero-order valence-corrected chi connectivity index (χ0v) is 22.1. The summed E-state index contributed by atoms with van der Waals surface area (Å²) in [6, 6.07) is 20.0. The number of ether oxygens (including phenoxy) is 3. The van der Waals surface area contributed by atoms with E-state index >= 15 is 0 Å². The number of benzene rings is 2. The number of carbonyl (C=O) groups excluding carboxylic acids is 2. The van der Waals surface area contributed by atoms with Crippen LogP contribution in [-0.4, -0.2) is 43.0 Å². The SMILES string of the molecule is C[C@@H]1OC(=O)[C@@H](NC(=O)OC(C)(C)C)COC[C@H](CCCc2ccccc2)[C@H]1CCc1ccccc1. The lowest BCUT2D eigenvalue weighted by Gasteiger charge is -2.31. The van der Waals surface area contributed by atoms with Gasteiger partial charge in [-0.2, -0.15) is 0 Å². The van der Waals surface area contributed by atoms with Gasteiger partial charge in [0, 0.05) is 12.5 Å². The van der Waals surface area contributed by atoms with E-state index in [0.717, 1.165) is 32.1 Å². The van der Waals surface area contributed by atoms with Crippen LogP contribution in [0, 0.1) is 11.8 Å². The summed E-state index contributed by atoms with van der Waals surface area (Å²) in [4.78, 5) is 25.3. The highest BCUT2D eigenvalue weighted by Crippen LogP contribution is 2.30. The van der Waals surface area contributed by atoms with Crippen molar-refractivity contribution in [1.82, 2.24) is 5.32 Å². The second-order valence-corrected chi connectivity index (χ2v) is 10.7. The molecular formula is C30H41NO5. The van der Waals surface area contributed by atoms with Crippen LogP contribution in [0.3, 0.4) is 0 Å². The van der Waals surface area contributed by atoms with Crippen molar-refractivity contribution in [2.45, 2.75) is 77.5 Å². The summed E-state index contributed by atoms with van der Waals surface area (Å²) in [6.07, 6.45) is 3.84. The highest BCUT2D eigenvalue weighted by molar-refractivity contribution is 5.81. The maximum absolute atomic E-state index is 13.0. The predicted molar refractivity (Wildman–Crippen MR) is 141 cm³/mol. The third-order valence-corrected chi connectivity index (χ3v) is 6.59. The van der Waals surface area contributed by atoms with Crippen molar-refractivity contribution in [3.05, 3.63) is 71.8 Å². The molecule has 1 heterocycles. The van der Waals surface area contributed by atoms with Crippen molar-refractivity contribution in [1.29, 1.82) is 0 Å². The number of cyclic esters (lactones) is 1. The van der Waals surface area contributed by atoms with Gasteiger partial charge in [0.25, 0.3) is 0 Å². The number of nitrogens with one attached hydrogen (secondary N) is 1. The summed E-state index contributed by atoms with van der Waals surface area (Å²) < 4.78 is 17.3. The van der Waals surface area contributed by atoms with E-state index in [1.807, 2.05) is 19.1 Å². The van der Waals surface area contributed by atoms with E-state index in [1.165, 1.54) is 11.1 Å². The maximum atomic E-state index is 13.0. The molecule has 1 N–H and O–H groups in total. The Hall–Kier alpha value is -2.86. The standard InChI is InChI=1S/C30H41NO5/c1-22-26(19-18-24-14-9-6-10-15-24)25(17-11-16-23-12-7-5-8-13-23)20-34-21-27(28(32)35-22)31-29(33)36-30(2,3)4/h5-10,12-15,22,25-27H,11,16-21H2,1-4H3,(H,31,33)/t22-,25-,26-,27-/m0/s1. The van der Waals surface area contributed by atoms with Gasteiger partial charge >= 0.3 is 12.1 Å². The average Bonchev–Trinajstić information content (AvgIpc) is 2.87. The molecule has 6 nitrogen and oxygen atoms in total. The van der Waals surface area contributed by atoms with Gasteiger partial charge in [0.2, 0.25) is 0 Å². The lowest BCUT2D eigenvalue weighted by Crippen LogP contribution is -2.47. The summed E-state index contributed by atoms with van der Waals surface area (Å²) in [5.41, 5.74) is 1.93. The molecule has 196 valence electrons. The number of alkyl carbamates (subject to hydrolysis) is 1. The molecule has 0 aromatic heterocycles. The molecular weight excluding hydrogens is 454 g/mol. The number of carbonyl (C=O) groups is 2. The first-order valence-electron chi connectivity index (χ1n) is 13.1. The Balaban J connectivity index is 1.69. The lowest BCUT2D eigenvalue weighted by molar-refractivity contribution is -0.154. The van der Waals surface area contributed by atoms with E-state index in [4.69, 9.17) is 14.2 Å². The largest absolute Gasteiger partial charge is 0.461 e. The van der Waals surface area contributed by atoms with Gasteiger partial charge in [0.1, 0.15) is 11.7 Å². The van der Waals surface area contributed by atoms with E-state index in [9.17, 15) is 9.59 Å². The Morgan fingerprint density at radius 3 is 2.17 bits per heavy atom. The van der Waals surface area contributed by atoms with Gasteiger partial charge in [-0.1, -0.05) is 60.7 Å². The quantitative estimate of drug-likeness (QED) is 0.474. The molecule has 1 aliphatic heterocycles. The lowest BCUT2D eigenvalue weighted by atomic mass is 9.80. The number of rotatable bonds is 8. The predicted octanol–water partition coefficient (Wildman–Crippen LogP) is 5.73. The topological polar surface area (TPSA) is 73.9 Å². The molecule has 2 aromatic carbocycles. The first-order valence-corrected chi connectivity index (χ1v) is 13.1. The fourth-order valence-electron chi connectivity index (χ4n) is 4.77. The fourth-order valence-corrected chi connectivity index (χ4v) is 4.77. The molecule has 0 unspecified atom stereocenters. The van der Waals surface area contributed by atoms with Crippen molar-refractivity contribution in [2.24, 2.45) is 11.8 Å². The molecule has 0 bridgehead atoms. The van der Waals surface area contributed by atoms with Crippen molar-refractivity contribution < 1.29 is 23.8 Å². The molecule has 1 saturated heterocycles. The van der Waals surface area contributed by atoms with Crippen LogP contribution in [0.1, 0.15) is 58.1 Å². The highest BCUT2D eigenvalue weighted by atomic mass is 16.6.